The topological polar surface area (TPSA) is 58.2 Å². The molecule has 0 bridgehead atoms. The molecule has 1 aromatic carbocycles. The largest absolute Gasteiger partial charge is 0.352 e. The van der Waals surface area contributed by atoms with E-state index in [2.05, 4.69) is 10.6 Å². The number of nitrogens with one attached hydrogen (secondary N) is 2. The number of amides is 2. The summed E-state index contributed by atoms with van der Waals surface area (Å²) in [6.45, 7) is 2.08. The van der Waals surface area contributed by atoms with Crippen molar-refractivity contribution in [2.45, 2.75) is 45.1 Å². The Morgan fingerprint density at radius 2 is 1.75 bits per heavy atom. The van der Waals surface area contributed by atoms with Gasteiger partial charge in [-0.2, -0.15) is 0 Å². The highest BCUT2D eigenvalue weighted by Crippen LogP contribution is 2.17. The van der Waals surface area contributed by atoms with Crippen LogP contribution in [0.2, 0.25) is 0 Å². The van der Waals surface area contributed by atoms with E-state index in [4.69, 9.17) is 0 Å². The van der Waals surface area contributed by atoms with Crippen molar-refractivity contribution in [1.29, 1.82) is 0 Å². The van der Waals surface area contributed by atoms with Crippen LogP contribution in [0.4, 0.5) is 0 Å². The summed E-state index contributed by atoms with van der Waals surface area (Å²) in [5, 5.41) is 5.62. The molecule has 1 fully saturated rings. The minimum Gasteiger partial charge on any atom is -0.352 e. The predicted octanol–water partition coefficient (Wildman–Crippen LogP) is 1.71. The monoisotopic (exact) mass is 274 g/mol. The van der Waals surface area contributed by atoms with E-state index in [1.807, 2.05) is 31.2 Å². The molecule has 108 valence electrons. The fourth-order valence-corrected chi connectivity index (χ4v) is 2.48. The molecule has 0 radical (unpaired) electrons. The van der Waals surface area contributed by atoms with Crippen molar-refractivity contribution in [3.63, 3.8) is 0 Å². The summed E-state index contributed by atoms with van der Waals surface area (Å²) < 4.78 is 0. The summed E-state index contributed by atoms with van der Waals surface area (Å²) in [6, 6.07) is 8.14. The van der Waals surface area contributed by atoms with Crippen molar-refractivity contribution in [1.82, 2.24) is 10.6 Å². The number of carbonyl (C=O) groups is 2. The van der Waals surface area contributed by atoms with Gasteiger partial charge in [-0.25, -0.2) is 0 Å². The average molecular weight is 274 g/mol. The Bertz CT molecular complexity index is 462. The van der Waals surface area contributed by atoms with Gasteiger partial charge in [0.2, 0.25) is 11.8 Å². The molecule has 2 N–H and O–H groups in total. The Morgan fingerprint density at radius 3 is 2.40 bits per heavy atom. The van der Waals surface area contributed by atoms with Gasteiger partial charge in [-0.15, -0.1) is 0 Å². The number of hydrogen-bond donors (Lipinski definition) is 2. The molecule has 2 amide bonds. The molecular formula is C16H22N2O2. The quantitative estimate of drug-likeness (QED) is 0.859. The van der Waals surface area contributed by atoms with E-state index in [-0.39, 0.29) is 18.4 Å². The lowest BCUT2D eigenvalue weighted by Crippen LogP contribution is -2.41. The van der Waals surface area contributed by atoms with Crippen molar-refractivity contribution in [3.05, 3.63) is 35.4 Å². The first-order valence-corrected chi connectivity index (χ1v) is 7.25. The number of aryl methyl sites for hydroxylation is 1. The van der Waals surface area contributed by atoms with Crippen LogP contribution in [0, 0.1) is 6.92 Å². The van der Waals surface area contributed by atoms with Gasteiger partial charge in [-0.1, -0.05) is 42.7 Å². The highest BCUT2D eigenvalue weighted by molar-refractivity contribution is 5.85. The fourth-order valence-electron chi connectivity index (χ4n) is 2.48. The van der Waals surface area contributed by atoms with E-state index in [1.54, 1.807) is 0 Å². The van der Waals surface area contributed by atoms with E-state index < -0.39 is 0 Å². The van der Waals surface area contributed by atoms with E-state index in [0.717, 1.165) is 18.4 Å². The third-order valence-electron chi connectivity index (χ3n) is 3.65. The van der Waals surface area contributed by atoms with Gasteiger partial charge in [0.25, 0.3) is 0 Å². The van der Waals surface area contributed by atoms with Crippen LogP contribution in [0.5, 0.6) is 0 Å². The van der Waals surface area contributed by atoms with Crippen LogP contribution in [0.1, 0.15) is 36.8 Å². The summed E-state index contributed by atoms with van der Waals surface area (Å²) >= 11 is 0. The molecule has 1 aliphatic rings. The molecule has 2 rings (SSSR count). The van der Waals surface area contributed by atoms with Crippen LogP contribution >= 0.6 is 0 Å². The molecule has 20 heavy (non-hydrogen) atoms. The molecule has 0 saturated heterocycles. The highest BCUT2D eigenvalue weighted by atomic mass is 16.2. The molecule has 0 spiro atoms. The molecule has 0 aromatic heterocycles. The van der Waals surface area contributed by atoms with E-state index in [1.165, 1.54) is 18.4 Å². The molecule has 0 heterocycles. The fraction of sp³-hybridized carbons (Fsp3) is 0.500. The molecule has 4 heteroatoms. The second-order valence-corrected chi connectivity index (χ2v) is 5.49. The third kappa shape index (κ3) is 4.68. The summed E-state index contributed by atoms with van der Waals surface area (Å²) in [5.41, 5.74) is 2.13. The SMILES string of the molecule is Cc1ccc(CC(=O)NCC(=O)NC2CCCC2)cc1. The molecule has 1 saturated carbocycles. The molecule has 1 aliphatic carbocycles. The minimum atomic E-state index is -0.115. The smallest absolute Gasteiger partial charge is 0.239 e. The Kier molecular flexibility index (Phi) is 5.16. The van der Waals surface area contributed by atoms with Gasteiger partial charge < -0.3 is 10.6 Å². The van der Waals surface area contributed by atoms with Gasteiger partial charge in [0.15, 0.2) is 0 Å². The van der Waals surface area contributed by atoms with Crippen LogP contribution in [0.3, 0.4) is 0 Å². The lowest BCUT2D eigenvalue weighted by Gasteiger charge is -2.12. The Hall–Kier alpha value is -1.84. The standard InChI is InChI=1S/C16H22N2O2/c1-12-6-8-13(9-7-12)10-15(19)17-11-16(20)18-14-4-2-3-5-14/h6-9,14H,2-5,10-11H2,1H3,(H,17,19)(H,18,20). The summed E-state index contributed by atoms with van der Waals surface area (Å²) in [6.07, 6.45) is 4.80. The third-order valence-corrected chi connectivity index (χ3v) is 3.65. The lowest BCUT2D eigenvalue weighted by molar-refractivity contribution is -0.126. The zero-order chi connectivity index (χ0) is 14.4. The van der Waals surface area contributed by atoms with Crippen molar-refractivity contribution in [2.24, 2.45) is 0 Å². The first-order chi connectivity index (χ1) is 9.63. The van der Waals surface area contributed by atoms with Crippen LogP contribution in [0.25, 0.3) is 0 Å². The van der Waals surface area contributed by atoms with Crippen LogP contribution in [-0.2, 0) is 16.0 Å². The second kappa shape index (κ2) is 7.08. The maximum absolute atomic E-state index is 11.7. The zero-order valence-electron chi connectivity index (χ0n) is 11.9. The Labute approximate surface area is 119 Å². The maximum atomic E-state index is 11.7. The van der Waals surface area contributed by atoms with Gasteiger partial charge in [0, 0.05) is 6.04 Å². The minimum absolute atomic E-state index is 0.0706. The second-order valence-electron chi connectivity index (χ2n) is 5.49. The van der Waals surface area contributed by atoms with Crippen LogP contribution < -0.4 is 10.6 Å². The molecule has 0 atom stereocenters. The summed E-state index contributed by atoms with van der Waals surface area (Å²) in [5.74, 6) is -0.204. The van der Waals surface area contributed by atoms with E-state index in [9.17, 15) is 9.59 Å². The predicted molar refractivity (Wildman–Crippen MR) is 78.3 cm³/mol. The van der Waals surface area contributed by atoms with Crippen molar-refractivity contribution < 1.29 is 9.59 Å². The molecule has 4 nitrogen and oxygen atoms in total. The maximum Gasteiger partial charge on any atom is 0.239 e. The molecule has 0 aliphatic heterocycles. The van der Waals surface area contributed by atoms with Gasteiger partial charge in [-0.05, 0) is 25.3 Å². The molecule has 0 unspecified atom stereocenters. The summed E-state index contributed by atoms with van der Waals surface area (Å²) in [4.78, 5) is 23.4. The number of carbonyl (C=O) groups excluding carboxylic acids is 2. The van der Waals surface area contributed by atoms with Gasteiger partial charge in [0.05, 0.1) is 13.0 Å². The number of rotatable bonds is 5. The first-order valence-electron chi connectivity index (χ1n) is 7.25. The highest BCUT2D eigenvalue weighted by Gasteiger charge is 2.17. The average Bonchev–Trinajstić information content (AvgIpc) is 2.92. The first kappa shape index (κ1) is 14.6. The van der Waals surface area contributed by atoms with Gasteiger partial charge >= 0.3 is 0 Å². The number of hydrogen-bond acceptors (Lipinski definition) is 2. The number of benzene rings is 1. The van der Waals surface area contributed by atoms with Crippen molar-refractivity contribution in [3.8, 4) is 0 Å². The Morgan fingerprint density at radius 1 is 1.10 bits per heavy atom. The van der Waals surface area contributed by atoms with E-state index in [0.29, 0.717) is 12.5 Å². The molecular weight excluding hydrogens is 252 g/mol. The Balaban J connectivity index is 1.69. The van der Waals surface area contributed by atoms with Crippen molar-refractivity contribution >= 4 is 11.8 Å². The van der Waals surface area contributed by atoms with Crippen LogP contribution in [-0.4, -0.2) is 24.4 Å². The van der Waals surface area contributed by atoms with Gasteiger partial charge in [0.1, 0.15) is 0 Å². The summed E-state index contributed by atoms with van der Waals surface area (Å²) in [7, 11) is 0. The van der Waals surface area contributed by atoms with Gasteiger partial charge in [-0.3, -0.25) is 9.59 Å². The molecule has 1 aromatic rings. The normalized spacial score (nSPS) is 15.1. The lowest BCUT2D eigenvalue weighted by atomic mass is 10.1. The zero-order valence-corrected chi connectivity index (χ0v) is 11.9. The van der Waals surface area contributed by atoms with Crippen molar-refractivity contribution in [2.75, 3.05) is 6.54 Å². The van der Waals surface area contributed by atoms with Crippen LogP contribution in [0.15, 0.2) is 24.3 Å². The van der Waals surface area contributed by atoms with E-state index >= 15 is 0 Å².